The number of fused-ring (bicyclic) bond motifs is 1. The minimum absolute atomic E-state index is 0.0107. The van der Waals surface area contributed by atoms with Crippen LogP contribution in [0.15, 0.2) is 60.7 Å². The quantitative estimate of drug-likeness (QED) is 0.209. The second-order valence-corrected chi connectivity index (χ2v) is 14.9. The Hall–Kier alpha value is -3.75. The number of benzene rings is 2. The fourth-order valence-electron chi connectivity index (χ4n) is 9.80. The van der Waals surface area contributed by atoms with E-state index in [1.165, 1.54) is 38.5 Å². The maximum Gasteiger partial charge on any atom is 0.306 e. The van der Waals surface area contributed by atoms with E-state index in [0.717, 1.165) is 89.0 Å². The fraction of sp³-hybridized carbons (Fsp3) is 0.513. The molecule has 9 rings (SSSR count). The summed E-state index contributed by atoms with van der Waals surface area (Å²) in [6.07, 6.45) is 9.16. The molecule has 0 unspecified atom stereocenters. The molecule has 4 bridgehead atoms. The van der Waals surface area contributed by atoms with Crippen LogP contribution < -0.4 is 4.90 Å². The number of rotatable bonds is 10. The Labute approximate surface area is 277 Å². The third-order valence-corrected chi connectivity index (χ3v) is 11.5. The number of ether oxygens (including phenoxy) is 1. The third kappa shape index (κ3) is 6.18. The van der Waals surface area contributed by atoms with E-state index in [1.54, 1.807) is 0 Å². The molecule has 4 aliphatic carbocycles. The van der Waals surface area contributed by atoms with Crippen LogP contribution >= 0.6 is 0 Å². The van der Waals surface area contributed by atoms with E-state index in [-0.39, 0.29) is 18.0 Å². The van der Waals surface area contributed by atoms with Crippen LogP contribution in [0, 0.1) is 30.1 Å². The lowest BCUT2D eigenvalue weighted by atomic mass is 9.49. The first kappa shape index (κ1) is 30.6. The Kier molecular flexibility index (Phi) is 8.26. The summed E-state index contributed by atoms with van der Waals surface area (Å²) >= 11 is 0. The highest BCUT2D eigenvalue weighted by Gasteiger charge is 2.51. The van der Waals surface area contributed by atoms with E-state index in [2.05, 4.69) is 71.3 Å². The van der Waals surface area contributed by atoms with Crippen LogP contribution in [0.25, 0.3) is 28.0 Å². The van der Waals surface area contributed by atoms with Crippen LogP contribution in [0.3, 0.4) is 0 Å². The Morgan fingerprint density at radius 2 is 1.62 bits per heavy atom. The highest BCUT2D eigenvalue weighted by atomic mass is 16.5. The van der Waals surface area contributed by atoms with Crippen molar-refractivity contribution in [2.24, 2.45) is 23.2 Å². The number of aromatic nitrogens is 3. The van der Waals surface area contributed by atoms with E-state index in [1.807, 2.05) is 10.6 Å². The SMILES string of the molecule is Cc1nn2c(N3CCN(CCO)CC3)cc(-c3cccc(CCOC(=O)CC45CC6CC(CC(C6)C4)C5)c3)nc2c1-c1ccccc1. The van der Waals surface area contributed by atoms with Crippen molar-refractivity contribution >= 4 is 17.4 Å². The normalized spacial score (nSPS) is 25.5. The molecule has 1 aliphatic heterocycles. The molecular weight excluding hydrogens is 586 g/mol. The Morgan fingerprint density at radius 1 is 0.915 bits per heavy atom. The maximum atomic E-state index is 13.1. The first-order valence-corrected chi connectivity index (χ1v) is 17.7. The van der Waals surface area contributed by atoms with Gasteiger partial charge in [-0.3, -0.25) is 9.69 Å². The summed E-state index contributed by atoms with van der Waals surface area (Å²) in [5.74, 6) is 3.55. The van der Waals surface area contributed by atoms with Crippen molar-refractivity contribution in [2.45, 2.75) is 58.3 Å². The Balaban J connectivity index is 1.02. The topological polar surface area (TPSA) is 83.2 Å². The third-order valence-electron chi connectivity index (χ3n) is 11.5. The van der Waals surface area contributed by atoms with Crippen molar-refractivity contribution < 1.29 is 14.6 Å². The van der Waals surface area contributed by atoms with Gasteiger partial charge >= 0.3 is 5.97 Å². The van der Waals surface area contributed by atoms with E-state index < -0.39 is 0 Å². The molecule has 1 saturated heterocycles. The number of carbonyl (C=O) groups excluding carboxylic acids is 1. The molecule has 5 fully saturated rings. The molecule has 0 amide bonds. The van der Waals surface area contributed by atoms with Crippen molar-refractivity contribution in [2.75, 3.05) is 50.8 Å². The summed E-state index contributed by atoms with van der Waals surface area (Å²) in [4.78, 5) is 23.0. The van der Waals surface area contributed by atoms with Gasteiger partial charge in [0, 0.05) is 56.3 Å². The number of hydrogen-bond acceptors (Lipinski definition) is 7. The molecule has 0 atom stereocenters. The molecule has 1 N–H and O–H groups in total. The van der Waals surface area contributed by atoms with Gasteiger partial charge in [-0.25, -0.2) is 4.98 Å². The molecule has 5 aliphatic rings. The summed E-state index contributed by atoms with van der Waals surface area (Å²) in [7, 11) is 0. The van der Waals surface area contributed by atoms with Gasteiger partial charge in [0.2, 0.25) is 0 Å². The first-order chi connectivity index (χ1) is 22.9. The summed E-state index contributed by atoms with van der Waals surface area (Å²) in [6.45, 7) is 6.84. The Bertz CT molecular complexity index is 1710. The lowest BCUT2D eigenvalue weighted by Crippen LogP contribution is -2.47. The average Bonchev–Trinajstić information content (AvgIpc) is 3.40. The number of carbonyl (C=O) groups is 1. The summed E-state index contributed by atoms with van der Waals surface area (Å²) in [5.41, 5.74) is 7.25. The highest BCUT2D eigenvalue weighted by molar-refractivity contribution is 5.83. The fourth-order valence-corrected chi connectivity index (χ4v) is 9.80. The van der Waals surface area contributed by atoms with E-state index in [4.69, 9.17) is 14.8 Å². The van der Waals surface area contributed by atoms with Gasteiger partial charge in [0.25, 0.3) is 0 Å². The molecule has 47 heavy (non-hydrogen) atoms. The molecule has 0 spiro atoms. The molecule has 3 heterocycles. The first-order valence-electron chi connectivity index (χ1n) is 17.7. The second kappa shape index (κ2) is 12.7. The lowest BCUT2D eigenvalue weighted by molar-refractivity contribution is -0.151. The molecule has 8 nitrogen and oxygen atoms in total. The largest absolute Gasteiger partial charge is 0.465 e. The summed E-state index contributed by atoms with van der Waals surface area (Å²) in [5, 5.41) is 14.5. The van der Waals surface area contributed by atoms with Gasteiger partial charge < -0.3 is 14.7 Å². The van der Waals surface area contributed by atoms with Crippen molar-refractivity contribution in [3.8, 4) is 22.4 Å². The molecule has 2 aromatic carbocycles. The van der Waals surface area contributed by atoms with Crippen LogP contribution in [-0.4, -0.2) is 76.5 Å². The van der Waals surface area contributed by atoms with Gasteiger partial charge in [-0.2, -0.15) is 9.61 Å². The zero-order chi connectivity index (χ0) is 32.0. The van der Waals surface area contributed by atoms with Gasteiger partial charge in [0.1, 0.15) is 5.82 Å². The zero-order valence-electron chi connectivity index (χ0n) is 27.6. The van der Waals surface area contributed by atoms with Crippen molar-refractivity contribution in [3.05, 3.63) is 71.9 Å². The van der Waals surface area contributed by atoms with Crippen LogP contribution in [0.4, 0.5) is 5.82 Å². The average molecular weight is 634 g/mol. The standard InChI is InChI=1S/C39H47N5O3/c1-27-37(32-7-3-2-4-8-32)38-40-34(22-35(44(38)41-27)43-13-11-42(12-14-43)15-16-45)33-9-5-6-28(21-33)10-17-47-36(46)26-39-23-29-18-30(24-39)20-31(19-29)25-39/h2-9,21-22,29-31,45H,10-20,23-26H2,1H3. The molecule has 2 aromatic heterocycles. The van der Waals surface area contributed by atoms with Crippen LogP contribution in [0.5, 0.6) is 0 Å². The summed E-state index contributed by atoms with van der Waals surface area (Å²) < 4.78 is 7.90. The minimum atomic E-state index is -0.0107. The van der Waals surface area contributed by atoms with Crippen LogP contribution in [0.1, 0.15) is 56.2 Å². The van der Waals surface area contributed by atoms with E-state index in [9.17, 15) is 9.90 Å². The van der Waals surface area contributed by atoms with Gasteiger partial charge in [0.05, 0.1) is 31.0 Å². The smallest absolute Gasteiger partial charge is 0.306 e. The number of nitrogens with zero attached hydrogens (tertiary/aromatic N) is 5. The molecule has 8 heteroatoms. The zero-order valence-corrected chi connectivity index (χ0v) is 27.6. The number of aliphatic hydroxyl groups excluding tert-OH is 1. The number of esters is 1. The number of aryl methyl sites for hydroxylation is 1. The molecule has 4 aromatic rings. The van der Waals surface area contributed by atoms with Gasteiger partial charge in [-0.05, 0) is 85.8 Å². The van der Waals surface area contributed by atoms with Crippen molar-refractivity contribution in [1.29, 1.82) is 0 Å². The molecule has 0 radical (unpaired) electrons. The second-order valence-electron chi connectivity index (χ2n) is 14.9. The number of hydrogen-bond donors (Lipinski definition) is 1. The van der Waals surface area contributed by atoms with Gasteiger partial charge in [0.15, 0.2) is 5.65 Å². The summed E-state index contributed by atoms with van der Waals surface area (Å²) in [6, 6.07) is 21.1. The van der Waals surface area contributed by atoms with Gasteiger partial charge in [-0.15, -0.1) is 0 Å². The molecule has 246 valence electrons. The molecule has 4 saturated carbocycles. The van der Waals surface area contributed by atoms with E-state index in [0.29, 0.717) is 26.0 Å². The van der Waals surface area contributed by atoms with E-state index >= 15 is 0 Å². The maximum absolute atomic E-state index is 13.1. The number of piperazine rings is 1. The highest BCUT2D eigenvalue weighted by Crippen LogP contribution is 2.61. The van der Waals surface area contributed by atoms with Crippen molar-refractivity contribution in [1.82, 2.24) is 19.5 Å². The van der Waals surface area contributed by atoms with Gasteiger partial charge in [-0.1, -0.05) is 48.5 Å². The Morgan fingerprint density at radius 3 is 2.32 bits per heavy atom. The lowest BCUT2D eigenvalue weighted by Gasteiger charge is -2.56. The minimum Gasteiger partial charge on any atom is -0.465 e. The van der Waals surface area contributed by atoms with Crippen molar-refractivity contribution in [3.63, 3.8) is 0 Å². The predicted octanol–water partition coefficient (Wildman–Crippen LogP) is 6.18. The number of aliphatic hydroxyl groups is 1. The predicted molar refractivity (Wildman–Crippen MR) is 184 cm³/mol. The monoisotopic (exact) mass is 633 g/mol. The van der Waals surface area contributed by atoms with Crippen LogP contribution in [0.2, 0.25) is 0 Å². The molecular formula is C39H47N5O3. The number of anilines is 1. The number of β-amino-alcohol motifs (C(OH)–C–C–N with tert-alkyl or cyclic N) is 1. The van der Waals surface area contributed by atoms with Crippen LogP contribution in [-0.2, 0) is 16.0 Å².